The van der Waals surface area contributed by atoms with Crippen LogP contribution in [0.25, 0.3) is 5.57 Å². The van der Waals surface area contributed by atoms with Crippen molar-refractivity contribution in [3.63, 3.8) is 0 Å². The molecule has 0 radical (unpaired) electrons. The van der Waals surface area contributed by atoms with Gasteiger partial charge in [0.1, 0.15) is 22.9 Å². The molecule has 2 aromatic carbocycles. The average Bonchev–Trinajstić information content (AvgIpc) is 2.71. The summed E-state index contributed by atoms with van der Waals surface area (Å²) in [5.41, 5.74) is -0.00116. The Hall–Kier alpha value is -3.53. The van der Waals surface area contributed by atoms with Crippen molar-refractivity contribution in [3.05, 3.63) is 76.5 Å². The van der Waals surface area contributed by atoms with Crippen molar-refractivity contribution < 1.29 is 18.4 Å². The number of rotatable bonds is 3. The summed E-state index contributed by atoms with van der Waals surface area (Å²) in [6, 6.07) is 11.8. The van der Waals surface area contributed by atoms with Crippen LogP contribution in [-0.4, -0.2) is 29.3 Å². The molecule has 0 saturated carbocycles. The van der Waals surface area contributed by atoms with Crippen molar-refractivity contribution in [3.8, 4) is 6.07 Å². The lowest BCUT2D eigenvalue weighted by molar-refractivity contribution is -0.147. The Morgan fingerprint density at radius 3 is 2.59 bits per heavy atom. The minimum atomic E-state index is -1.41. The summed E-state index contributed by atoms with van der Waals surface area (Å²) in [6.45, 7) is 3.15. The Kier molecular flexibility index (Phi) is 5.21. The predicted molar refractivity (Wildman–Crippen MR) is 103 cm³/mol. The second kappa shape index (κ2) is 7.47. The molecule has 0 aliphatic carbocycles. The van der Waals surface area contributed by atoms with Crippen molar-refractivity contribution in [1.82, 2.24) is 10.2 Å². The Morgan fingerprint density at radius 2 is 1.90 bits per heavy atom. The van der Waals surface area contributed by atoms with Crippen LogP contribution in [0.3, 0.4) is 0 Å². The summed E-state index contributed by atoms with van der Waals surface area (Å²) in [5, 5.41) is 11.9. The molecular weight excluding hydrogens is 376 g/mol. The molecular formula is C22H19F2N3O2. The van der Waals surface area contributed by atoms with E-state index < -0.39 is 29.0 Å². The number of allylic oxidation sites excluding steroid dienone is 1. The van der Waals surface area contributed by atoms with Crippen molar-refractivity contribution in [2.75, 3.05) is 7.05 Å². The third-order valence-corrected chi connectivity index (χ3v) is 5.36. The number of halogens is 2. The first-order valence-electron chi connectivity index (χ1n) is 8.93. The summed E-state index contributed by atoms with van der Waals surface area (Å²) >= 11 is 0. The number of nitriles is 1. The second-order valence-corrected chi connectivity index (χ2v) is 7.16. The van der Waals surface area contributed by atoms with E-state index in [9.17, 15) is 23.6 Å². The molecule has 0 aromatic heterocycles. The van der Waals surface area contributed by atoms with Gasteiger partial charge in [0, 0.05) is 13.5 Å². The number of hydrogen-bond acceptors (Lipinski definition) is 3. The van der Waals surface area contributed by atoms with Crippen LogP contribution in [0.5, 0.6) is 0 Å². The number of amides is 2. The molecule has 29 heavy (non-hydrogen) atoms. The first-order chi connectivity index (χ1) is 13.7. The molecule has 0 bridgehead atoms. The van der Waals surface area contributed by atoms with Gasteiger partial charge in [-0.05, 0) is 54.8 Å². The molecule has 148 valence electrons. The highest BCUT2D eigenvalue weighted by molar-refractivity contribution is 6.10. The minimum absolute atomic E-state index is 0.00118. The highest BCUT2D eigenvalue weighted by Crippen LogP contribution is 2.30. The molecule has 5 nitrogen and oxygen atoms in total. The third-order valence-electron chi connectivity index (χ3n) is 5.36. The Balaban J connectivity index is 2.01. The largest absolute Gasteiger partial charge is 0.326 e. The van der Waals surface area contributed by atoms with Gasteiger partial charge in [0.15, 0.2) is 0 Å². The molecule has 1 N–H and O–H groups in total. The van der Waals surface area contributed by atoms with Gasteiger partial charge in [-0.25, -0.2) is 8.78 Å². The van der Waals surface area contributed by atoms with E-state index in [1.165, 1.54) is 18.9 Å². The molecule has 1 aliphatic rings. The van der Waals surface area contributed by atoms with Gasteiger partial charge in [-0.1, -0.05) is 18.2 Å². The number of carbonyl (C=O) groups is 2. The molecule has 1 aliphatic heterocycles. The molecule has 1 unspecified atom stereocenters. The zero-order chi connectivity index (χ0) is 21.3. The van der Waals surface area contributed by atoms with Gasteiger partial charge < -0.3 is 10.2 Å². The number of nitrogens with zero attached hydrogens (tertiary/aromatic N) is 2. The lowest BCUT2D eigenvalue weighted by Crippen LogP contribution is -2.64. The van der Waals surface area contributed by atoms with Crippen LogP contribution in [0.1, 0.15) is 30.5 Å². The summed E-state index contributed by atoms with van der Waals surface area (Å²) in [7, 11) is 1.45. The maximum Gasteiger partial charge on any atom is 0.271 e. The first kappa shape index (κ1) is 20.2. The van der Waals surface area contributed by atoms with Gasteiger partial charge in [0.05, 0.1) is 11.6 Å². The maximum atomic E-state index is 14.1. The lowest BCUT2D eigenvalue weighted by Gasteiger charge is -2.42. The quantitative estimate of drug-likeness (QED) is 0.812. The minimum Gasteiger partial charge on any atom is -0.326 e. The van der Waals surface area contributed by atoms with E-state index >= 15 is 0 Å². The molecule has 3 rings (SSSR count). The number of carbonyl (C=O) groups excluding carboxylic acids is 2. The van der Waals surface area contributed by atoms with Gasteiger partial charge in [-0.2, -0.15) is 5.26 Å². The van der Waals surface area contributed by atoms with Crippen LogP contribution < -0.4 is 5.32 Å². The van der Waals surface area contributed by atoms with E-state index in [1.807, 2.05) is 0 Å². The fourth-order valence-electron chi connectivity index (χ4n) is 3.39. The average molecular weight is 395 g/mol. The molecule has 7 heteroatoms. The number of nitrogens with one attached hydrogen (secondary N) is 1. The maximum absolute atomic E-state index is 14.1. The SMILES string of the molecule is CC(=C1NC(=O)C(C)(Cc2cc(F)ccc2F)N(C)C1=O)c1ccccc1C#N. The Labute approximate surface area is 167 Å². The van der Waals surface area contributed by atoms with Gasteiger partial charge in [-0.15, -0.1) is 0 Å². The predicted octanol–water partition coefficient (Wildman–Crippen LogP) is 3.16. The standard InChI is InChI=1S/C22H19F2N3O2/c1-13(17-7-5-4-6-14(17)12-25)19-20(28)27(3)22(2,21(29)26-19)11-15-10-16(23)8-9-18(15)24/h4-10H,11H2,1-3H3,(H,26,29). The fraction of sp³-hybridized carbons (Fsp3) is 0.227. The van der Waals surface area contributed by atoms with E-state index in [1.54, 1.807) is 31.2 Å². The highest BCUT2D eigenvalue weighted by atomic mass is 19.1. The van der Waals surface area contributed by atoms with Crippen LogP contribution in [0.15, 0.2) is 48.2 Å². The molecule has 2 aromatic rings. The molecule has 1 fully saturated rings. The molecule has 2 amide bonds. The first-order valence-corrected chi connectivity index (χ1v) is 8.93. The zero-order valence-electron chi connectivity index (χ0n) is 16.2. The zero-order valence-corrected chi connectivity index (χ0v) is 16.2. The summed E-state index contributed by atoms with van der Waals surface area (Å²) in [4.78, 5) is 27.2. The fourth-order valence-corrected chi connectivity index (χ4v) is 3.39. The van der Waals surface area contributed by atoms with Crippen LogP contribution in [-0.2, 0) is 16.0 Å². The molecule has 0 spiro atoms. The van der Waals surface area contributed by atoms with E-state index in [0.29, 0.717) is 16.7 Å². The molecule has 1 atom stereocenters. The van der Waals surface area contributed by atoms with E-state index in [4.69, 9.17) is 0 Å². The third kappa shape index (κ3) is 3.49. The Bertz CT molecular complexity index is 1090. The molecule has 1 heterocycles. The second-order valence-electron chi connectivity index (χ2n) is 7.16. The number of benzene rings is 2. The van der Waals surface area contributed by atoms with E-state index in [0.717, 1.165) is 18.2 Å². The summed E-state index contributed by atoms with van der Waals surface area (Å²) in [6.07, 6.45) is -0.189. The van der Waals surface area contributed by atoms with Crippen LogP contribution in [0.2, 0.25) is 0 Å². The van der Waals surface area contributed by atoms with Crippen molar-refractivity contribution in [1.29, 1.82) is 5.26 Å². The van der Waals surface area contributed by atoms with Gasteiger partial charge in [-0.3, -0.25) is 9.59 Å². The van der Waals surface area contributed by atoms with Crippen molar-refractivity contribution in [2.24, 2.45) is 0 Å². The van der Waals surface area contributed by atoms with Gasteiger partial charge >= 0.3 is 0 Å². The number of hydrogen-bond donors (Lipinski definition) is 1. The van der Waals surface area contributed by atoms with E-state index in [-0.39, 0.29) is 17.7 Å². The normalized spacial score (nSPS) is 20.9. The van der Waals surface area contributed by atoms with Crippen LogP contribution >= 0.6 is 0 Å². The smallest absolute Gasteiger partial charge is 0.271 e. The monoisotopic (exact) mass is 395 g/mol. The Morgan fingerprint density at radius 1 is 1.21 bits per heavy atom. The number of piperazine rings is 1. The van der Waals surface area contributed by atoms with Crippen LogP contribution in [0, 0.1) is 23.0 Å². The topological polar surface area (TPSA) is 73.2 Å². The summed E-state index contributed by atoms with van der Waals surface area (Å²) < 4.78 is 27.7. The van der Waals surface area contributed by atoms with E-state index in [2.05, 4.69) is 11.4 Å². The number of likely N-dealkylation sites (N-methyl/N-ethyl adjacent to an activating group) is 1. The van der Waals surface area contributed by atoms with Crippen molar-refractivity contribution >= 4 is 17.4 Å². The lowest BCUT2D eigenvalue weighted by atomic mass is 9.86. The summed E-state index contributed by atoms with van der Waals surface area (Å²) in [5.74, 6) is -2.28. The van der Waals surface area contributed by atoms with Crippen LogP contribution in [0.4, 0.5) is 8.78 Å². The van der Waals surface area contributed by atoms with Crippen molar-refractivity contribution in [2.45, 2.75) is 25.8 Å². The highest BCUT2D eigenvalue weighted by Gasteiger charge is 2.46. The molecule has 1 saturated heterocycles. The van der Waals surface area contributed by atoms with Gasteiger partial charge in [0.2, 0.25) is 0 Å². The van der Waals surface area contributed by atoms with Gasteiger partial charge in [0.25, 0.3) is 11.8 Å².